The van der Waals surface area contributed by atoms with Gasteiger partial charge in [0.05, 0.1) is 29.4 Å². The molecular weight excluding hydrogens is 470 g/mol. The predicted molar refractivity (Wildman–Crippen MR) is 151 cm³/mol. The number of ether oxygens (including phenoxy) is 1. The van der Waals surface area contributed by atoms with Crippen LogP contribution in [0.1, 0.15) is 62.3 Å². The van der Waals surface area contributed by atoms with Crippen LogP contribution in [0.4, 0.5) is 0 Å². The third-order valence-electron chi connectivity index (χ3n) is 7.14. The quantitative estimate of drug-likeness (QED) is 0.281. The molecule has 0 saturated carbocycles. The Kier molecular flexibility index (Phi) is 6.91. The minimum atomic E-state index is -0.238. The van der Waals surface area contributed by atoms with Crippen LogP contribution in [0.2, 0.25) is 0 Å². The number of aryl methyl sites for hydroxylation is 2. The first-order valence-electron chi connectivity index (χ1n) is 13.4. The SMILES string of the molecule is CCCc1nc(CC)c(-c2ccc3c(c2)CC(C)(C)O3)c(=O)n1Cc1ccc(-c2ccccc2C#N)cc1. The average molecular weight is 504 g/mol. The van der Waals surface area contributed by atoms with Crippen molar-refractivity contribution in [3.8, 4) is 34.1 Å². The number of hydrogen-bond acceptors (Lipinski definition) is 4. The molecule has 0 atom stereocenters. The highest BCUT2D eigenvalue weighted by molar-refractivity contribution is 5.71. The van der Waals surface area contributed by atoms with Gasteiger partial charge >= 0.3 is 0 Å². The van der Waals surface area contributed by atoms with Crippen LogP contribution in [0.25, 0.3) is 22.3 Å². The van der Waals surface area contributed by atoms with E-state index >= 15 is 0 Å². The maximum atomic E-state index is 14.1. The number of rotatable bonds is 7. The summed E-state index contributed by atoms with van der Waals surface area (Å²) in [5.74, 6) is 1.72. The largest absolute Gasteiger partial charge is 0.487 e. The topological polar surface area (TPSA) is 67.9 Å². The number of nitrogens with zero attached hydrogens (tertiary/aromatic N) is 3. The lowest BCUT2D eigenvalue weighted by Gasteiger charge is -2.17. The van der Waals surface area contributed by atoms with Crippen LogP contribution in [0.5, 0.6) is 5.75 Å². The first-order chi connectivity index (χ1) is 18.3. The zero-order valence-electron chi connectivity index (χ0n) is 22.5. The van der Waals surface area contributed by atoms with Gasteiger partial charge in [-0.05, 0) is 72.7 Å². The third-order valence-corrected chi connectivity index (χ3v) is 7.14. The van der Waals surface area contributed by atoms with Crippen LogP contribution >= 0.6 is 0 Å². The fourth-order valence-electron chi connectivity index (χ4n) is 5.34. The number of benzene rings is 3. The molecule has 0 unspecified atom stereocenters. The summed E-state index contributed by atoms with van der Waals surface area (Å²) in [5.41, 5.74) is 6.87. The fourth-order valence-corrected chi connectivity index (χ4v) is 5.34. The highest BCUT2D eigenvalue weighted by Crippen LogP contribution is 2.37. The molecule has 38 heavy (non-hydrogen) atoms. The summed E-state index contributed by atoms with van der Waals surface area (Å²) in [6.07, 6.45) is 3.15. The molecule has 0 spiro atoms. The van der Waals surface area contributed by atoms with Gasteiger partial charge in [-0.3, -0.25) is 9.36 Å². The Morgan fingerprint density at radius 3 is 2.47 bits per heavy atom. The maximum absolute atomic E-state index is 14.1. The predicted octanol–water partition coefficient (Wildman–Crippen LogP) is 6.73. The molecular formula is C33H33N3O2. The molecule has 1 aliphatic rings. The van der Waals surface area contributed by atoms with Gasteiger partial charge in [0.25, 0.3) is 5.56 Å². The highest BCUT2D eigenvalue weighted by Gasteiger charge is 2.30. The van der Waals surface area contributed by atoms with Gasteiger partial charge in [0.2, 0.25) is 0 Å². The molecule has 5 rings (SSSR count). The molecule has 5 heteroatoms. The van der Waals surface area contributed by atoms with Gasteiger partial charge in [-0.15, -0.1) is 0 Å². The molecule has 192 valence electrons. The molecule has 0 saturated heterocycles. The second-order valence-electron chi connectivity index (χ2n) is 10.6. The molecule has 0 aliphatic carbocycles. The molecule has 5 nitrogen and oxygen atoms in total. The zero-order chi connectivity index (χ0) is 26.9. The average Bonchev–Trinajstić information content (AvgIpc) is 3.23. The molecule has 4 aromatic rings. The van der Waals surface area contributed by atoms with E-state index in [-0.39, 0.29) is 11.2 Å². The first kappa shape index (κ1) is 25.5. The number of aromatic nitrogens is 2. The van der Waals surface area contributed by atoms with Crippen molar-refractivity contribution in [2.75, 3.05) is 0 Å². The third kappa shape index (κ3) is 4.87. The Balaban J connectivity index is 1.55. The lowest BCUT2D eigenvalue weighted by molar-refractivity contribution is 0.138. The van der Waals surface area contributed by atoms with E-state index in [0.29, 0.717) is 24.1 Å². The summed E-state index contributed by atoms with van der Waals surface area (Å²) in [6, 6.07) is 24.1. The van der Waals surface area contributed by atoms with E-state index in [0.717, 1.165) is 64.3 Å². The van der Waals surface area contributed by atoms with E-state index in [1.165, 1.54) is 0 Å². The van der Waals surface area contributed by atoms with Crippen molar-refractivity contribution in [1.82, 2.24) is 9.55 Å². The zero-order valence-corrected chi connectivity index (χ0v) is 22.5. The van der Waals surface area contributed by atoms with Gasteiger partial charge in [0, 0.05) is 12.8 Å². The van der Waals surface area contributed by atoms with E-state index in [1.54, 1.807) is 0 Å². The summed E-state index contributed by atoms with van der Waals surface area (Å²) in [6.45, 7) is 8.78. The Bertz CT molecular complexity index is 1590. The standard InChI is InChI=1S/C33H33N3O2/c1-5-9-30-35-28(6-2)31(24-16-17-29-26(18-24)19-33(3,4)38-29)32(37)36(30)21-22-12-14-23(15-13-22)27-11-8-7-10-25(27)20-34/h7-8,10-18H,5-6,9,19,21H2,1-4H3. The minimum Gasteiger partial charge on any atom is -0.487 e. The first-order valence-corrected chi connectivity index (χ1v) is 13.4. The molecule has 1 aliphatic heterocycles. The van der Waals surface area contributed by atoms with Crippen LogP contribution < -0.4 is 10.3 Å². The van der Waals surface area contributed by atoms with Crippen molar-refractivity contribution < 1.29 is 4.74 Å². The summed E-state index contributed by atoms with van der Waals surface area (Å²) < 4.78 is 7.90. The van der Waals surface area contributed by atoms with Crippen molar-refractivity contribution >= 4 is 0 Å². The molecule has 0 amide bonds. The Morgan fingerprint density at radius 1 is 1.03 bits per heavy atom. The number of nitriles is 1. The van der Waals surface area contributed by atoms with Crippen LogP contribution in [0.15, 0.2) is 71.5 Å². The van der Waals surface area contributed by atoms with Crippen LogP contribution in [0, 0.1) is 11.3 Å². The van der Waals surface area contributed by atoms with Crippen molar-refractivity contribution in [3.05, 3.63) is 105 Å². The van der Waals surface area contributed by atoms with Gasteiger partial charge in [-0.1, -0.05) is 62.4 Å². The van der Waals surface area contributed by atoms with Gasteiger partial charge in [-0.2, -0.15) is 5.26 Å². The van der Waals surface area contributed by atoms with Crippen molar-refractivity contribution in [3.63, 3.8) is 0 Å². The van der Waals surface area contributed by atoms with Crippen molar-refractivity contribution in [2.45, 2.75) is 65.5 Å². The molecule has 0 bridgehead atoms. The smallest absolute Gasteiger partial charge is 0.261 e. The molecule has 0 radical (unpaired) electrons. The Labute approximate surface area is 224 Å². The molecule has 2 heterocycles. The minimum absolute atomic E-state index is 0.00247. The fraction of sp³-hybridized carbons (Fsp3) is 0.303. The van der Waals surface area contributed by atoms with Gasteiger partial charge in [0.1, 0.15) is 17.2 Å². The molecule has 3 aromatic carbocycles. The Hall–Kier alpha value is -4.17. The van der Waals surface area contributed by atoms with E-state index in [4.69, 9.17) is 9.72 Å². The Morgan fingerprint density at radius 2 is 1.76 bits per heavy atom. The van der Waals surface area contributed by atoms with E-state index < -0.39 is 0 Å². The molecule has 0 fully saturated rings. The van der Waals surface area contributed by atoms with E-state index in [9.17, 15) is 10.1 Å². The second kappa shape index (κ2) is 10.3. The van der Waals surface area contributed by atoms with Crippen molar-refractivity contribution in [2.24, 2.45) is 0 Å². The van der Waals surface area contributed by atoms with Gasteiger partial charge in [-0.25, -0.2) is 4.98 Å². The van der Waals surface area contributed by atoms with E-state index in [2.05, 4.69) is 39.8 Å². The normalized spacial score (nSPS) is 13.6. The summed E-state index contributed by atoms with van der Waals surface area (Å²) in [5, 5.41) is 9.48. The maximum Gasteiger partial charge on any atom is 0.261 e. The monoisotopic (exact) mass is 503 g/mol. The lowest BCUT2D eigenvalue weighted by Crippen LogP contribution is -2.29. The summed E-state index contributed by atoms with van der Waals surface area (Å²) >= 11 is 0. The summed E-state index contributed by atoms with van der Waals surface area (Å²) in [7, 11) is 0. The van der Waals surface area contributed by atoms with Gasteiger partial charge in [0.15, 0.2) is 0 Å². The highest BCUT2D eigenvalue weighted by atomic mass is 16.5. The summed E-state index contributed by atoms with van der Waals surface area (Å²) in [4.78, 5) is 19.1. The van der Waals surface area contributed by atoms with Crippen molar-refractivity contribution in [1.29, 1.82) is 5.26 Å². The lowest BCUT2D eigenvalue weighted by atomic mass is 9.96. The molecule has 0 N–H and O–H groups in total. The number of fused-ring (bicyclic) bond motifs is 1. The van der Waals surface area contributed by atoms with Crippen LogP contribution in [0.3, 0.4) is 0 Å². The second-order valence-corrected chi connectivity index (χ2v) is 10.6. The molecule has 1 aromatic heterocycles. The number of hydrogen-bond donors (Lipinski definition) is 0. The van der Waals surface area contributed by atoms with Crippen LogP contribution in [-0.2, 0) is 25.8 Å². The van der Waals surface area contributed by atoms with Gasteiger partial charge < -0.3 is 4.74 Å². The van der Waals surface area contributed by atoms with E-state index in [1.807, 2.05) is 65.2 Å². The van der Waals surface area contributed by atoms with Crippen LogP contribution in [-0.4, -0.2) is 15.2 Å².